The maximum atomic E-state index is 9.53. The molecule has 0 bridgehead atoms. The minimum atomic E-state index is -0.417. The molecule has 0 aliphatic heterocycles. The number of rotatable bonds is 0. The monoisotopic (exact) mass is 77.1 g/mol. The van der Waals surface area contributed by atoms with E-state index in [2.05, 4.69) is 0 Å². The first kappa shape index (κ1) is 8.87. The van der Waals surface area contributed by atoms with Crippen LogP contribution in [0, 0.1) is 0 Å². The highest BCUT2D eigenvalue weighted by molar-refractivity contribution is 4.20. The van der Waals surface area contributed by atoms with Crippen molar-refractivity contribution in [1.29, 1.82) is 0 Å². The summed E-state index contributed by atoms with van der Waals surface area (Å²) in [6.07, 6.45) is -0.417. The van der Waals surface area contributed by atoms with Crippen LogP contribution in [-0.2, 0) is 5.11 Å². The molecule has 0 unspecified atom stereocenters. The van der Waals surface area contributed by atoms with Crippen LogP contribution < -0.4 is 0 Å². The topological polar surface area (TPSA) is 51.4 Å². The van der Waals surface area contributed by atoms with Gasteiger partial charge in [0.1, 0.15) is 0 Å². The van der Waals surface area contributed by atoms with Gasteiger partial charge in [-0.2, -0.15) is 0 Å². The third-order valence-electron chi connectivity index (χ3n) is 0. The van der Waals surface area contributed by atoms with Crippen molar-refractivity contribution < 1.29 is 10.6 Å². The van der Waals surface area contributed by atoms with Gasteiger partial charge in [0.05, 0.1) is 6.10 Å². The summed E-state index contributed by atoms with van der Waals surface area (Å²) in [6, 6.07) is 0. The average molecular weight is 77.1 g/mol. The van der Waals surface area contributed by atoms with Crippen LogP contribution in [0.15, 0.2) is 0 Å². The first-order valence-corrected chi connectivity index (χ1v) is 1.39. The normalized spacial score (nSPS) is 7.20. The maximum Gasteiger partial charge on any atom is 0.0874 e. The van der Waals surface area contributed by atoms with Gasteiger partial charge in [0, 0.05) is 0 Å². The number of hydrogen-bond donors (Lipinski definition) is 0. The lowest BCUT2D eigenvalue weighted by atomic mass is 10.5. The van der Waals surface area contributed by atoms with Crippen molar-refractivity contribution in [3.8, 4) is 0 Å². The van der Waals surface area contributed by atoms with Gasteiger partial charge in [-0.15, -0.1) is 0 Å². The first-order valence-electron chi connectivity index (χ1n) is 1.39. The molecule has 0 rings (SSSR count). The molecule has 2 N–H and O–H groups in total. The van der Waals surface area contributed by atoms with Crippen LogP contribution in [0.25, 0.3) is 0 Å². The molecule has 0 spiro atoms. The van der Waals surface area contributed by atoms with Gasteiger partial charge >= 0.3 is 0 Å². The van der Waals surface area contributed by atoms with E-state index in [-0.39, 0.29) is 5.48 Å². The van der Waals surface area contributed by atoms with Gasteiger partial charge in [-0.3, -0.25) is 0 Å². The lowest BCUT2D eigenvalue weighted by Gasteiger charge is -1.74. The van der Waals surface area contributed by atoms with E-state index in [0.29, 0.717) is 0 Å². The van der Waals surface area contributed by atoms with E-state index >= 15 is 0 Å². The van der Waals surface area contributed by atoms with E-state index in [9.17, 15) is 5.11 Å². The van der Waals surface area contributed by atoms with Crippen molar-refractivity contribution in [2.24, 2.45) is 0 Å². The summed E-state index contributed by atoms with van der Waals surface area (Å²) in [5, 5.41) is 9.53. The molecule has 5 heavy (non-hydrogen) atoms. The molecule has 0 aromatic carbocycles. The van der Waals surface area contributed by atoms with E-state index in [4.69, 9.17) is 0 Å². The zero-order valence-electron chi connectivity index (χ0n) is 3.49. The second-order valence-corrected chi connectivity index (χ2v) is 1.05. The Bertz CT molecular complexity index is 9.61. The highest BCUT2D eigenvalue weighted by atomic mass is 16.3. The van der Waals surface area contributed by atoms with Crippen LogP contribution in [-0.4, -0.2) is 11.6 Å². The summed E-state index contributed by atoms with van der Waals surface area (Å²) in [6.45, 7) is 3.22. The second-order valence-electron chi connectivity index (χ2n) is 1.05. The Morgan fingerprint density at radius 1 is 1.40 bits per heavy atom. The Kier molecular flexibility index (Phi) is 6.95. The van der Waals surface area contributed by atoms with Crippen molar-refractivity contribution in [2.75, 3.05) is 0 Å². The van der Waals surface area contributed by atoms with Gasteiger partial charge in [0.25, 0.3) is 0 Å². The van der Waals surface area contributed by atoms with Crippen LogP contribution in [0.2, 0.25) is 0 Å². The lowest BCUT2D eigenvalue weighted by Crippen LogP contribution is -1.81. The molecule has 0 heterocycles. The predicted octanol–water partition coefficient (Wildman–Crippen LogP) is 0.000600. The highest BCUT2D eigenvalue weighted by Gasteiger charge is 1.73. The van der Waals surface area contributed by atoms with Crippen molar-refractivity contribution in [2.45, 2.75) is 20.0 Å². The highest BCUT2D eigenvalue weighted by Crippen LogP contribution is 1.67. The van der Waals surface area contributed by atoms with Gasteiger partial charge in [0.15, 0.2) is 0 Å². The zero-order chi connectivity index (χ0) is 3.58. The fourth-order valence-corrected chi connectivity index (χ4v) is 0. The Morgan fingerprint density at radius 2 is 1.40 bits per heavy atom. The van der Waals surface area contributed by atoms with Gasteiger partial charge in [-0.05, 0) is 13.8 Å². The molecule has 33 valence electrons. The molecule has 0 aliphatic carbocycles. The third kappa shape index (κ3) is 2260. The molecule has 0 aromatic rings. The van der Waals surface area contributed by atoms with E-state index in [0.717, 1.165) is 0 Å². The molecule has 0 aromatic heterocycles. The minimum Gasteiger partial charge on any atom is -0.412 e. The Balaban J connectivity index is 0. The lowest BCUT2D eigenvalue weighted by molar-refractivity contribution is 0.122. The number of hydrogen-bond acceptors (Lipinski definition) is 0. The molecule has 2 heteroatoms. The summed E-state index contributed by atoms with van der Waals surface area (Å²) in [5.41, 5.74) is 0. The average Bonchev–Trinajstić information content (AvgIpc) is 0.811. The molecular weight excluding hydrogens is 68.0 g/mol. The van der Waals surface area contributed by atoms with Crippen LogP contribution in [0.1, 0.15) is 13.8 Å². The summed E-state index contributed by atoms with van der Waals surface area (Å²) in [5.74, 6) is 0. The van der Waals surface area contributed by atoms with Crippen LogP contribution in [0.3, 0.4) is 0 Å². The Hall–Kier alpha value is -0.0800. The summed E-state index contributed by atoms with van der Waals surface area (Å²) in [4.78, 5) is 0. The summed E-state index contributed by atoms with van der Waals surface area (Å²) in [7, 11) is 0. The molecule has 2 nitrogen and oxygen atoms in total. The van der Waals surface area contributed by atoms with E-state index in [1.165, 1.54) is 0 Å². The second kappa shape index (κ2) is 3.92. The molecule has 0 atom stereocenters. The van der Waals surface area contributed by atoms with Crippen LogP contribution in [0.4, 0.5) is 0 Å². The van der Waals surface area contributed by atoms with E-state index in [1.807, 2.05) is 0 Å². The fourth-order valence-electron chi connectivity index (χ4n) is 0. The molecule has 0 fully saturated rings. The van der Waals surface area contributed by atoms with Crippen molar-refractivity contribution >= 4 is 0 Å². The van der Waals surface area contributed by atoms with Crippen molar-refractivity contribution in [1.82, 2.24) is 0 Å². The first-order chi connectivity index (χ1) is 1.73. The molecule has 0 saturated heterocycles. The van der Waals surface area contributed by atoms with E-state index < -0.39 is 6.10 Å². The Labute approximate surface area is 31.7 Å². The quantitative estimate of drug-likeness (QED) is 0.391. The van der Waals surface area contributed by atoms with Crippen LogP contribution in [0.5, 0.6) is 0 Å². The van der Waals surface area contributed by atoms with E-state index in [1.54, 1.807) is 13.8 Å². The molecule has 1 radical (unpaired) electrons. The summed E-state index contributed by atoms with van der Waals surface area (Å²) < 4.78 is 0. The Morgan fingerprint density at radius 3 is 1.40 bits per heavy atom. The van der Waals surface area contributed by atoms with Crippen LogP contribution >= 0.6 is 0 Å². The molecule has 0 aliphatic rings. The summed E-state index contributed by atoms with van der Waals surface area (Å²) >= 11 is 0. The fraction of sp³-hybridized carbons (Fsp3) is 1.00. The maximum absolute atomic E-state index is 9.53. The van der Waals surface area contributed by atoms with Gasteiger partial charge < -0.3 is 5.48 Å². The predicted molar refractivity (Wildman–Crippen MR) is 19.4 cm³/mol. The van der Waals surface area contributed by atoms with Crippen molar-refractivity contribution in [3.05, 3.63) is 0 Å². The molecule has 0 amide bonds. The minimum absolute atomic E-state index is 0. The molecule has 0 saturated carbocycles. The smallest absolute Gasteiger partial charge is 0.0874 e. The van der Waals surface area contributed by atoms with Gasteiger partial charge in [-0.25, -0.2) is 5.11 Å². The standard InChI is InChI=1S/C3H7O.H2O/c1-3(2)4;/h3H,1-2H3;1H2. The van der Waals surface area contributed by atoms with Gasteiger partial charge in [0.2, 0.25) is 0 Å². The molecular formula is C3H9O2. The zero-order valence-corrected chi connectivity index (χ0v) is 3.49. The largest absolute Gasteiger partial charge is 0.412 e. The SMILES string of the molecule is CC(C)[O].O. The van der Waals surface area contributed by atoms with Crippen molar-refractivity contribution in [3.63, 3.8) is 0 Å². The third-order valence-corrected chi connectivity index (χ3v) is 0. The van der Waals surface area contributed by atoms with Gasteiger partial charge in [-0.1, -0.05) is 0 Å².